The van der Waals surface area contributed by atoms with Crippen molar-refractivity contribution in [3.05, 3.63) is 41.0 Å². The SMILES string of the molecule is CNCCNc1ccc2nc(C3=C(N)c4ccsc4NC3O)[nH]c2c1. The zero-order chi connectivity index (χ0) is 17.4. The maximum absolute atomic E-state index is 10.5. The molecule has 0 amide bonds. The summed E-state index contributed by atoms with van der Waals surface area (Å²) in [6.45, 7) is 1.72. The molecule has 0 spiro atoms. The van der Waals surface area contributed by atoms with Gasteiger partial charge in [0.2, 0.25) is 0 Å². The molecule has 7 N–H and O–H groups in total. The molecule has 1 aliphatic rings. The van der Waals surface area contributed by atoms with Gasteiger partial charge in [-0.15, -0.1) is 11.3 Å². The van der Waals surface area contributed by atoms with Gasteiger partial charge in [0.05, 0.1) is 27.3 Å². The van der Waals surface area contributed by atoms with E-state index in [1.807, 2.05) is 36.7 Å². The standard InChI is InChI=1S/C17H20N6OS/c1-19-5-6-20-9-2-3-11-12(8-9)22-15(21-11)13-14(18)10-4-7-25-17(10)23-16(13)24/h2-4,7-8,16,19-20,23-24H,5-6,18H2,1H3,(H,21,22). The molecular weight excluding hydrogens is 336 g/mol. The first-order valence-corrected chi connectivity index (χ1v) is 8.96. The molecular formula is C17H20N6OS. The van der Waals surface area contributed by atoms with Gasteiger partial charge in [-0.1, -0.05) is 0 Å². The summed E-state index contributed by atoms with van der Waals surface area (Å²) in [5.74, 6) is 0.580. The monoisotopic (exact) mass is 356 g/mol. The lowest BCUT2D eigenvalue weighted by Gasteiger charge is -2.23. The number of aromatic amines is 1. The quantitative estimate of drug-likeness (QED) is 0.389. The van der Waals surface area contributed by atoms with Gasteiger partial charge in [-0.2, -0.15) is 0 Å². The van der Waals surface area contributed by atoms with Crippen LogP contribution in [0.15, 0.2) is 29.6 Å². The Hall–Kier alpha value is -2.55. The van der Waals surface area contributed by atoms with Gasteiger partial charge >= 0.3 is 0 Å². The summed E-state index contributed by atoms with van der Waals surface area (Å²) in [5, 5.41) is 22.8. The van der Waals surface area contributed by atoms with Crippen molar-refractivity contribution < 1.29 is 5.11 Å². The molecule has 25 heavy (non-hydrogen) atoms. The minimum absolute atomic E-state index is 0.550. The second-order valence-electron chi connectivity index (χ2n) is 5.89. The Bertz CT molecular complexity index is 944. The fourth-order valence-corrected chi connectivity index (χ4v) is 3.78. The van der Waals surface area contributed by atoms with Gasteiger partial charge in [-0.25, -0.2) is 4.98 Å². The average Bonchev–Trinajstić information content (AvgIpc) is 3.21. The van der Waals surface area contributed by atoms with Gasteiger partial charge in [-0.3, -0.25) is 0 Å². The Morgan fingerprint density at radius 1 is 1.32 bits per heavy atom. The highest BCUT2D eigenvalue weighted by Crippen LogP contribution is 2.38. The minimum Gasteiger partial charge on any atom is -0.398 e. The van der Waals surface area contributed by atoms with E-state index in [1.165, 1.54) is 11.3 Å². The Balaban J connectivity index is 1.71. The second-order valence-corrected chi connectivity index (χ2v) is 6.80. The molecule has 0 radical (unpaired) electrons. The number of aliphatic hydroxyl groups excluding tert-OH is 1. The maximum Gasteiger partial charge on any atom is 0.157 e. The third-order valence-corrected chi connectivity index (χ3v) is 5.07. The highest BCUT2D eigenvalue weighted by atomic mass is 32.1. The topological polar surface area (TPSA) is 111 Å². The van der Waals surface area contributed by atoms with Crippen LogP contribution in [0.4, 0.5) is 10.7 Å². The fourth-order valence-electron chi connectivity index (χ4n) is 2.96. The van der Waals surface area contributed by atoms with E-state index in [-0.39, 0.29) is 0 Å². The lowest BCUT2D eigenvalue weighted by Crippen LogP contribution is -2.27. The second kappa shape index (κ2) is 6.40. The molecule has 2 aromatic heterocycles. The molecule has 1 atom stereocenters. The number of fused-ring (bicyclic) bond motifs is 2. The van der Waals surface area contributed by atoms with Crippen LogP contribution in [0, 0.1) is 0 Å². The van der Waals surface area contributed by atoms with E-state index in [1.54, 1.807) is 0 Å². The van der Waals surface area contributed by atoms with Crippen molar-refractivity contribution in [1.82, 2.24) is 15.3 Å². The molecule has 7 nitrogen and oxygen atoms in total. The molecule has 1 unspecified atom stereocenters. The highest BCUT2D eigenvalue weighted by Gasteiger charge is 2.27. The first-order valence-electron chi connectivity index (χ1n) is 8.08. The van der Waals surface area contributed by atoms with Gasteiger partial charge in [0.1, 0.15) is 5.82 Å². The largest absolute Gasteiger partial charge is 0.398 e. The molecule has 4 rings (SSSR count). The van der Waals surface area contributed by atoms with Crippen LogP contribution in [-0.4, -0.2) is 41.4 Å². The van der Waals surface area contributed by atoms with Crippen LogP contribution < -0.4 is 21.7 Å². The van der Waals surface area contributed by atoms with Crippen LogP contribution in [0.2, 0.25) is 0 Å². The van der Waals surface area contributed by atoms with Crippen LogP contribution in [-0.2, 0) is 0 Å². The van der Waals surface area contributed by atoms with Crippen LogP contribution in [0.25, 0.3) is 22.3 Å². The predicted octanol–water partition coefficient (Wildman–Crippen LogP) is 1.83. The van der Waals surface area contributed by atoms with Crippen molar-refractivity contribution in [2.45, 2.75) is 6.23 Å². The van der Waals surface area contributed by atoms with E-state index in [0.29, 0.717) is 17.1 Å². The van der Waals surface area contributed by atoms with Crippen LogP contribution >= 0.6 is 11.3 Å². The summed E-state index contributed by atoms with van der Waals surface area (Å²) < 4.78 is 0. The van der Waals surface area contributed by atoms with Gasteiger partial charge < -0.3 is 31.8 Å². The number of likely N-dealkylation sites (N-methyl/N-ethyl adjacent to an activating group) is 1. The summed E-state index contributed by atoms with van der Waals surface area (Å²) in [7, 11) is 1.92. The lowest BCUT2D eigenvalue weighted by molar-refractivity contribution is 0.260. The minimum atomic E-state index is -0.889. The summed E-state index contributed by atoms with van der Waals surface area (Å²) in [6, 6.07) is 7.90. The highest BCUT2D eigenvalue weighted by molar-refractivity contribution is 7.14. The van der Waals surface area contributed by atoms with E-state index in [9.17, 15) is 5.11 Å². The van der Waals surface area contributed by atoms with Crippen LogP contribution in [0.1, 0.15) is 11.4 Å². The van der Waals surface area contributed by atoms with E-state index < -0.39 is 6.23 Å². The van der Waals surface area contributed by atoms with Crippen LogP contribution in [0.5, 0.6) is 0 Å². The molecule has 1 aromatic carbocycles. The molecule has 0 saturated heterocycles. The molecule has 3 aromatic rings. The normalized spacial score (nSPS) is 16.8. The number of anilines is 2. The Kier molecular flexibility index (Phi) is 4.08. The Labute approximate surface area is 149 Å². The van der Waals surface area contributed by atoms with Gasteiger partial charge in [0.15, 0.2) is 6.23 Å². The third-order valence-electron chi connectivity index (χ3n) is 4.23. The molecule has 0 fully saturated rings. The molecule has 1 aliphatic heterocycles. The van der Waals surface area contributed by atoms with Gasteiger partial charge in [0, 0.05) is 24.3 Å². The molecule has 130 valence electrons. The number of thiophene rings is 1. The van der Waals surface area contributed by atoms with Crippen molar-refractivity contribution in [1.29, 1.82) is 0 Å². The fraction of sp³-hybridized carbons (Fsp3) is 0.235. The summed E-state index contributed by atoms with van der Waals surface area (Å²) in [5.41, 5.74) is 11.1. The average molecular weight is 356 g/mol. The molecule has 3 heterocycles. The zero-order valence-electron chi connectivity index (χ0n) is 13.8. The number of aliphatic hydroxyl groups is 1. The third kappa shape index (κ3) is 2.84. The van der Waals surface area contributed by atoms with Crippen molar-refractivity contribution in [3.63, 3.8) is 0 Å². The number of nitrogens with one attached hydrogen (secondary N) is 4. The number of H-pyrrole nitrogens is 1. The molecule has 0 bridgehead atoms. The maximum atomic E-state index is 10.5. The smallest absolute Gasteiger partial charge is 0.157 e. The summed E-state index contributed by atoms with van der Waals surface area (Å²) >= 11 is 1.52. The number of nitrogens with zero attached hydrogens (tertiary/aromatic N) is 1. The number of benzene rings is 1. The molecule has 8 heteroatoms. The number of hydrogen-bond donors (Lipinski definition) is 6. The summed E-state index contributed by atoms with van der Waals surface area (Å²) in [6.07, 6.45) is -0.889. The number of rotatable bonds is 5. The number of imidazole rings is 1. The first kappa shape index (κ1) is 15.9. The van der Waals surface area contributed by atoms with E-state index in [2.05, 4.69) is 25.9 Å². The summed E-state index contributed by atoms with van der Waals surface area (Å²) in [4.78, 5) is 7.88. The first-order chi connectivity index (χ1) is 12.2. The Morgan fingerprint density at radius 3 is 3.04 bits per heavy atom. The van der Waals surface area contributed by atoms with E-state index in [4.69, 9.17) is 5.73 Å². The van der Waals surface area contributed by atoms with Crippen molar-refractivity contribution in [2.75, 3.05) is 30.8 Å². The molecule has 0 aliphatic carbocycles. The number of hydrogen-bond acceptors (Lipinski definition) is 7. The molecule has 0 saturated carbocycles. The van der Waals surface area contributed by atoms with Gasteiger partial charge in [-0.05, 0) is 36.7 Å². The number of aromatic nitrogens is 2. The Morgan fingerprint density at radius 2 is 2.20 bits per heavy atom. The lowest BCUT2D eigenvalue weighted by atomic mass is 10.0. The predicted molar refractivity (Wildman–Crippen MR) is 103 cm³/mol. The van der Waals surface area contributed by atoms with E-state index in [0.717, 1.165) is 40.4 Å². The van der Waals surface area contributed by atoms with Crippen molar-refractivity contribution in [3.8, 4) is 0 Å². The van der Waals surface area contributed by atoms with Crippen molar-refractivity contribution in [2.24, 2.45) is 5.73 Å². The van der Waals surface area contributed by atoms with Gasteiger partial charge in [0.25, 0.3) is 0 Å². The zero-order valence-corrected chi connectivity index (χ0v) is 14.6. The van der Waals surface area contributed by atoms with Crippen LogP contribution in [0.3, 0.4) is 0 Å². The van der Waals surface area contributed by atoms with Crippen molar-refractivity contribution >= 4 is 44.3 Å². The van der Waals surface area contributed by atoms with E-state index >= 15 is 0 Å². The number of nitrogens with two attached hydrogens (primary N) is 1.